The molecule has 24 heavy (non-hydrogen) atoms. The molecule has 0 heterocycles. The summed E-state index contributed by atoms with van der Waals surface area (Å²) in [4.78, 5) is 22.3. The summed E-state index contributed by atoms with van der Waals surface area (Å²) < 4.78 is 5.60. The van der Waals surface area contributed by atoms with Crippen LogP contribution in [0.5, 0.6) is 5.75 Å². The van der Waals surface area contributed by atoms with Crippen LogP contribution in [0.3, 0.4) is 0 Å². The van der Waals surface area contributed by atoms with Crippen molar-refractivity contribution in [1.82, 2.24) is 5.32 Å². The minimum absolute atomic E-state index is 0.0355. The maximum atomic E-state index is 12.2. The minimum atomic E-state index is -0.564. The van der Waals surface area contributed by atoms with Crippen molar-refractivity contribution in [2.45, 2.75) is 19.9 Å². The molecule has 0 saturated heterocycles. The Morgan fingerprint density at radius 3 is 2.54 bits per heavy atom. The number of amides is 1. The molecule has 7 heteroatoms. The summed E-state index contributed by atoms with van der Waals surface area (Å²) in [6.07, 6.45) is 0. The number of halogens is 1. The highest BCUT2D eigenvalue weighted by atomic mass is 35.5. The summed E-state index contributed by atoms with van der Waals surface area (Å²) in [6.45, 7) is 4.07. The van der Waals surface area contributed by atoms with E-state index >= 15 is 0 Å². The molecule has 0 aliphatic heterocycles. The third-order valence-electron chi connectivity index (χ3n) is 3.31. The number of ether oxygens (including phenoxy) is 1. The Morgan fingerprint density at radius 2 is 1.96 bits per heavy atom. The third-order valence-corrected chi connectivity index (χ3v) is 3.62. The summed E-state index contributed by atoms with van der Waals surface area (Å²) >= 11 is 5.94. The van der Waals surface area contributed by atoms with Crippen LogP contribution in [0, 0.1) is 17.0 Å². The zero-order chi connectivity index (χ0) is 17.7. The summed E-state index contributed by atoms with van der Waals surface area (Å²) in [5, 5.41) is 13.5. The second kappa shape index (κ2) is 7.79. The van der Waals surface area contributed by atoms with Crippen molar-refractivity contribution in [2.24, 2.45) is 0 Å². The van der Waals surface area contributed by atoms with Gasteiger partial charge in [0.2, 0.25) is 0 Å². The van der Waals surface area contributed by atoms with Crippen LogP contribution in [-0.4, -0.2) is 23.5 Å². The number of nitro benzene ring substituents is 1. The first kappa shape index (κ1) is 17.7. The molecule has 0 unspecified atom stereocenters. The van der Waals surface area contributed by atoms with Crippen LogP contribution in [0.15, 0.2) is 42.5 Å². The highest BCUT2D eigenvalue weighted by Gasteiger charge is 2.16. The molecule has 2 aromatic carbocycles. The van der Waals surface area contributed by atoms with Crippen molar-refractivity contribution in [3.63, 3.8) is 0 Å². The average Bonchev–Trinajstić information content (AvgIpc) is 2.54. The van der Waals surface area contributed by atoms with E-state index in [1.807, 2.05) is 31.2 Å². The lowest BCUT2D eigenvalue weighted by molar-refractivity contribution is -0.384. The lowest BCUT2D eigenvalue weighted by Gasteiger charge is -2.15. The van der Waals surface area contributed by atoms with Crippen LogP contribution in [0.4, 0.5) is 5.69 Å². The van der Waals surface area contributed by atoms with Crippen LogP contribution in [-0.2, 0) is 0 Å². The van der Waals surface area contributed by atoms with Gasteiger partial charge in [0.1, 0.15) is 12.4 Å². The molecule has 1 atom stereocenters. The average molecular weight is 349 g/mol. The molecular formula is C17H17ClN2O4. The maximum Gasteiger partial charge on any atom is 0.270 e. The van der Waals surface area contributed by atoms with Gasteiger partial charge in [-0.15, -0.1) is 0 Å². The van der Waals surface area contributed by atoms with E-state index in [0.717, 1.165) is 17.4 Å². The standard InChI is InChI=1S/C17H17ClN2O4/c1-11-3-6-14(7-4-11)24-10-12(2)19-17(21)15-8-5-13(20(22)23)9-16(15)18/h3-9,12H,10H2,1-2H3,(H,19,21)/t12-/m0/s1. The Hall–Kier alpha value is -2.60. The van der Waals surface area contributed by atoms with Crippen molar-refractivity contribution in [1.29, 1.82) is 0 Å². The van der Waals surface area contributed by atoms with Gasteiger partial charge in [0.15, 0.2) is 0 Å². The molecule has 0 fully saturated rings. The van der Waals surface area contributed by atoms with E-state index in [1.165, 1.54) is 12.1 Å². The van der Waals surface area contributed by atoms with E-state index in [4.69, 9.17) is 16.3 Å². The second-order valence-electron chi connectivity index (χ2n) is 5.42. The molecule has 0 aromatic heterocycles. The second-order valence-corrected chi connectivity index (χ2v) is 5.83. The van der Waals surface area contributed by atoms with E-state index in [1.54, 1.807) is 6.92 Å². The van der Waals surface area contributed by atoms with Crippen molar-refractivity contribution in [3.8, 4) is 5.75 Å². The van der Waals surface area contributed by atoms with Crippen LogP contribution in [0.2, 0.25) is 5.02 Å². The van der Waals surface area contributed by atoms with Gasteiger partial charge in [0.05, 0.1) is 21.6 Å². The Labute approximate surface area is 144 Å². The fourth-order valence-electron chi connectivity index (χ4n) is 2.00. The molecule has 0 aliphatic rings. The van der Waals surface area contributed by atoms with E-state index in [-0.39, 0.29) is 22.3 Å². The van der Waals surface area contributed by atoms with Crippen molar-refractivity contribution < 1.29 is 14.5 Å². The lowest BCUT2D eigenvalue weighted by Crippen LogP contribution is -2.36. The van der Waals surface area contributed by atoms with Gasteiger partial charge in [0, 0.05) is 12.1 Å². The van der Waals surface area contributed by atoms with Crippen LogP contribution < -0.4 is 10.1 Å². The molecule has 126 valence electrons. The van der Waals surface area contributed by atoms with Crippen molar-refractivity contribution in [2.75, 3.05) is 6.61 Å². The molecule has 1 N–H and O–H groups in total. The first-order valence-electron chi connectivity index (χ1n) is 7.31. The Kier molecular flexibility index (Phi) is 5.76. The van der Waals surface area contributed by atoms with Gasteiger partial charge in [-0.1, -0.05) is 29.3 Å². The molecule has 0 spiro atoms. The number of nitro groups is 1. The number of hydrogen-bond donors (Lipinski definition) is 1. The highest BCUT2D eigenvalue weighted by Crippen LogP contribution is 2.22. The Morgan fingerprint density at radius 1 is 1.29 bits per heavy atom. The Bertz CT molecular complexity index is 747. The minimum Gasteiger partial charge on any atom is -0.491 e. The van der Waals surface area contributed by atoms with E-state index in [0.29, 0.717) is 6.61 Å². The summed E-state index contributed by atoms with van der Waals surface area (Å²) in [6, 6.07) is 11.1. The maximum absolute atomic E-state index is 12.2. The number of hydrogen-bond acceptors (Lipinski definition) is 4. The topological polar surface area (TPSA) is 81.5 Å². The molecule has 6 nitrogen and oxygen atoms in total. The van der Waals surface area contributed by atoms with E-state index < -0.39 is 10.8 Å². The molecular weight excluding hydrogens is 332 g/mol. The van der Waals surface area contributed by atoms with Crippen LogP contribution in [0.25, 0.3) is 0 Å². The fraction of sp³-hybridized carbons (Fsp3) is 0.235. The lowest BCUT2D eigenvalue weighted by atomic mass is 10.2. The molecule has 0 aliphatic carbocycles. The molecule has 0 radical (unpaired) electrons. The number of nitrogens with one attached hydrogen (secondary N) is 1. The van der Waals surface area contributed by atoms with Crippen molar-refractivity contribution >= 4 is 23.2 Å². The molecule has 0 saturated carbocycles. The molecule has 2 aromatic rings. The van der Waals surface area contributed by atoms with Crippen molar-refractivity contribution in [3.05, 3.63) is 68.7 Å². The fourth-order valence-corrected chi connectivity index (χ4v) is 2.26. The smallest absolute Gasteiger partial charge is 0.270 e. The quantitative estimate of drug-likeness (QED) is 0.636. The number of carbonyl (C=O) groups is 1. The summed E-state index contributed by atoms with van der Waals surface area (Å²) in [5.41, 5.74) is 1.16. The Balaban J connectivity index is 1.93. The summed E-state index contributed by atoms with van der Waals surface area (Å²) in [7, 11) is 0. The number of rotatable bonds is 6. The normalized spacial score (nSPS) is 11.6. The van der Waals surface area contributed by atoms with Gasteiger partial charge in [-0.2, -0.15) is 0 Å². The van der Waals surface area contributed by atoms with Gasteiger partial charge < -0.3 is 10.1 Å². The van der Waals surface area contributed by atoms with Gasteiger partial charge in [-0.3, -0.25) is 14.9 Å². The SMILES string of the molecule is Cc1ccc(OC[C@H](C)NC(=O)c2ccc([N+](=O)[O-])cc2Cl)cc1. The monoisotopic (exact) mass is 348 g/mol. The zero-order valence-electron chi connectivity index (χ0n) is 13.3. The highest BCUT2D eigenvalue weighted by molar-refractivity contribution is 6.34. The van der Waals surface area contributed by atoms with Gasteiger partial charge >= 0.3 is 0 Å². The van der Waals surface area contributed by atoms with Gasteiger partial charge in [0.25, 0.3) is 11.6 Å². The molecule has 2 rings (SSSR count). The first-order chi connectivity index (χ1) is 11.4. The van der Waals surface area contributed by atoms with E-state index in [9.17, 15) is 14.9 Å². The number of non-ortho nitro benzene ring substituents is 1. The van der Waals surface area contributed by atoms with E-state index in [2.05, 4.69) is 5.32 Å². The number of benzene rings is 2. The summed E-state index contributed by atoms with van der Waals surface area (Å²) in [5.74, 6) is 0.310. The molecule has 1 amide bonds. The largest absolute Gasteiger partial charge is 0.491 e. The van der Waals surface area contributed by atoms with Crippen LogP contribution in [0.1, 0.15) is 22.8 Å². The number of aryl methyl sites for hydroxylation is 1. The van der Waals surface area contributed by atoms with Crippen LogP contribution >= 0.6 is 11.6 Å². The predicted octanol–water partition coefficient (Wildman–Crippen LogP) is 3.75. The molecule has 0 bridgehead atoms. The van der Waals surface area contributed by atoms with Gasteiger partial charge in [-0.25, -0.2) is 0 Å². The predicted molar refractivity (Wildman–Crippen MR) is 91.7 cm³/mol. The first-order valence-corrected chi connectivity index (χ1v) is 7.69. The van der Waals surface area contributed by atoms with Gasteiger partial charge in [-0.05, 0) is 32.0 Å². The number of carbonyl (C=O) groups excluding carboxylic acids is 1. The third kappa shape index (κ3) is 4.70. The zero-order valence-corrected chi connectivity index (χ0v) is 14.0. The number of nitrogens with zero attached hydrogens (tertiary/aromatic N) is 1.